The fraction of sp³-hybridized carbons (Fsp3) is 0.926. The SMILES string of the molecule is OC1CCC(C2CCC(C3CCC(C4CCC(CCC=C(F)F)CC4)CC3)CC2)CO1. The topological polar surface area (TPSA) is 29.5 Å². The maximum absolute atomic E-state index is 12.2. The van der Waals surface area contributed by atoms with Crippen LogP contribution in [-0.4, -0.2) is 18.0 Å². The predicted molar refractivity (Wildman–Crippen MR) is 121 cm³/mol. The molecule has 2 unspecified atom stereocenters. The first kappa shape index (κ1) is 23.7. The summed E-state index contributed by atoms with van der Waals surface area (Å²) in [5.41, 5.74) is 0. The third-order valence-electron chi connectivity index (χ3n) is 9.69. The Hall–Kier alpha value is -0.480. The molecule has 1 saturated heterocycles. The van der Waals surface area contributed by atoms with Crippen molar-refractivity contribution in [2.75, 3.05) is 6.61 Å². The molecule has 0 aromatic carbocycles. The average molecular weight is 439 g/mol. The lowest BCUT2D eigenvalue weighted by Crippen LogP contribution is -2.34. The first-order chi connectivity index (χ1) is 15.1. The Morgan fingerprint density at radius 2 is 1.06 bits per heavy atom. The second-order valence-corrected chi connectivity index (χ2v) is 11.3. The standard InChI is InChI=1S/C27H44F2O2/c28-26(29)3-1-2-19-4-6-20(7-5-19)21-8-10-22(11-9-21)23-12-14-24(15-13-23)25-16-17-27(30)31-18-25/h3,19-25,27,30H,1-2,4-18H2. The highest BCUT2D eigenvalue weighted by Gasteiger charge is 2.36. The number of aliphatic hydroxyl groups excluding tert-OH is 1. The Kier molecular flexibility index (Phi) is 8.85. The van der Waals surface area contributed by atoms with E-state index in [1.165, 1.54) is 77.0 Å². The summed E-state index contributed by atoms with van der Waals surface area (Å²) in [7, 11) is 0. The fourth-order valence-corrected chi connectivity index (χ4v) is 7.68. The first-order valence-electron chi connectivity index (χ1n) is 13.4. The molecule has 0 aromatic heterocycles. The molecule has 0 aromatic rings. The molecule has 1 N–H and O–H groups in total. The quantitative estimate of drug-likeness (QED) is 0.460. The zero-order valence-electron chi connectivity index (χ0n) is 19.3. The van der Waals surface area contributed by atoms with Gasteiger partial charge in [-0.05, 0) is 137 Å². The first-order valence-corrected chi connectivity index (χ1v) is 13.4. The predicted octanol–water partition coefficient (Wildman–Crippen LogP) is 7.71. The van der Waals surface area contributed by atoms with Gasteiger partial charge in [0, 0.05) is 0 Å². The van der Waals surface area contributed by atoms with Crippen LogP contribution in [0.25, 0.3) is 0 Å². The Morgan fingerprint density at radius 1 is 0.645 bits per heavy atom. The van der Waals surface area contributed by atoms with Crippen molar-refractivity contribution >= 4 is 0 Å². The van der Waals surface area contributed by atoms with Crippen molar-refractivity contribution in [2.24, 2.45) is 41.4 Å². The van der Waals surface area contributed by atoms with Gasteiger partial charge in [0.2, 0.25) is 0 Å². The molecule has 2 atom stereocenters. The van der Waals surface area contributed by atoms with E-state index in [2.05, 4.69) is 0 Å². The normalized spacial score (nSPS) is 42.2. The fourth-order valence-electron chi connectivity index (χ4n) is 7.68. The van der Waals surface area contributed by atoms with Crippen LogP contribution in [0.5, 0.6) is 0 Å². The van der Waals surface area contributed by atoms with Crippen LogP contribution in [0.2, 0.25) is 0 Å². The number of hydrogen-bond donors (Lipinski definition) is 1. The Labute approximate surface area is 188 Å². The molecule has 0 bridgehead atoms. The van der Waals surface area contributed by atoms with Crippen molar-refractivity contribution < 1.29 is 18.6 Å². The molecule has 0 radical (unpaired) electrons. The molecule has 31 heavy (non-hydrogen) atoms. The zero-order valence-corrected chi connectivity index (χ0v) is 19.3. The molecular formula is C27H44F2O2. The van der Waals surface area contributed by atoms with Crippen molar-refractivity contribution in [3.63, 3.8) is 0 Å². The molecule has 2 nitrogen and oxygen atoms in total. The lowest BCUT2D eigenvalue weighted by Gasteiger charge is -2.42. The largest absolute Gasteiger partial charge is 0.368 e. The molecule has 0 amide bonds. The van der Waals surface area contributed by atoms with Gasteiger partial charge in [-0.2, -0.15) is 8.78 Å². The summed E-state index contributed by atoms with van der Waals surface area (Å²) in [4.78, 5) is 0. The number of halogens is 2. The van der Waals surface area contributed by atoms with Gasteiger partial charge < -0.3 is 9.84 Å². The van der Waals surface area contributed by atoms with Crippen LogP contribution < -0.4 is 0 Å². The molecule has 4 heteroatoms. The molecule has 3 aliphatic carbocycles. The van der Waals surface area contributed by atoms with E-state index in [4.69, 9.17) is 4.74 Å². The second kappa shape index (κ2) is 11.6. The summed E-state index contributed by atoms with van der Waals surface area (Å²) in [5.74, 6) is 5.93. The van der Waals surface area contributed by atoms with Crippen LogP contribution in [0.1, 0.15) is 103 Å². The van der Waals surface area contributed by atoms with Gasteiger partial charge in [-0.15, -0.1) is 0 Å². The van der Waals surface area contributed by atoms with Crippen LogP contribution in [0.4, 0.5) is 8.78 Å². The van der Waals surface area contributed by atoms with Gasteiger partial charge >= 0.3 is 0 Å². The molecule has 1 aliphatic heterocycles. The van der Waals surface area contributed by atoms with Crippen molar-refractivity contribution in [1.82, 2.24) is 0 Å². The highest BCUT2D eigenvalue weighted by Crippen LogP contribution is 2.47. The molecule has 3 saturated carbocycles. The minimum Gasteiger partial charge on any atom is -0.368 e. The summed E-state index contributed by atoms with van der Waals surface area (Å²) < 4.78 is 30.0. The molecule has 178 valence electrons. The van der Waals surface area contributed by atoms with Crippen molar-refractivity contribution in [3.8, 4) is 0 Å². The van der Waals surface area contributed by atoms with Gasteiger partial charge in [0.1, 0.15) is 0 Å². The molecule has 0 spiro atoms. The van der Waals surface area contributed by atoms with E-state index in [-0.39, 0.29) is 0 Å². The maximum atomic E-state index is 12.2. The number of ether oxygens (including phenoxy) is 1. The summed E-state index contributed by atoms with van der Waals surface area (Å²) in [5, 5.41) is 9.57. The number of hydrogen-bond acceptors (Lipinski definition) is 2. The lowest BCUT2D eigenvalue weighted by molar-refractivity contribution is -0.149. The van der Waals surface area contributed by atoms with Crippen LogP contribution in [0.15, 0.2) is 12.2 Å². The van der Waals surface area contributed by atoms with E-state index in [1.807, 2.05) is 0 Å². The molecule has 4 fully saturated rings. The number of aliphatic hydroxyl groups is 1. The minimum atomic E-state index is -1.51. The molecule has 4 aliphatic rings. The summed E-state index contributed by atoms with van der Waals surface area (Å²) in [6.07, 6.45) is 19.1. The van der Waals surface area contributed by atoms with Gasteiger partial charge in [0.25, 0.3) is 6.08 Å². The summed E-state index contributed by atoms with van der Waals surface area (Å²) in [6.45, 7) is 0.771. The van der Waals surface area contributed by atoms with Crippen molar-refractivity contribution in [3.05, 3.63) is 12.2 Å². The number of allylic oxidation sites excluding steroid dienone is 1. The molecular weight excluding hydrogens is 394 g/mol. The minimum absolute atomic E-state index is 0.513. The van der Waals surface area contributed by atoms with E-state index < -0.39 is 12.4 Å². The number of rotatable bonds is 6. The van der Waals surface area contributed by atoms with E-state index in [0.717, 1.165) is 61.5 Å². The van der Waals surface area contributed by atoms with Gasteiger partial charge in [0.15, 0.2) is 6.29 Å². The monoisotopic (exact) mass is 438 g/mol. The molecule has 1 heterocycles. The Bertz CT molecular complexity index is 544. The van der Waals surface area contributed by atoms with Crippen LogP contribution in [0, 0.1) is 41.4 Å². The Morgan fingerprint density at radius 3 is 1.48 bits per heavy atom. The summed E-state index contributed by atoms with van der Waals surface area (Å²) in [6, 6.07) is 0. The van der Waals surface area contributed by atoms with Crippen LogP contribution in [0.3, 0.4) is 0 Å². The van der Waals surface area contributed by atoms with E-state index in [1.54, 1.807) is 0 Å². The van der Waals surface area contributed by atoms with Gasteiger partial charge in [-0.25, -0.2) is 0 Å². The van der Waals surface area contributed by atoms with Crippen LogP contribution >= 0.6 is 0 Å². The van der Waals surface area contributed by atoms with Gasteiger partial charge in [-0.3, -0.25) is 0 Å². The highest BCUT2D eigenvalue weighted by molar-refractivity contribution is 4.88. The lowest BCUT2D eigenvalue weighted by atomic mass is 9.64. The Balaban J connectivity index is 1.12. The van der Waals surface area contributed by atoms with Gasteiger partial charge in [-0.1, -0.05) is 12.8 Å². The maximum Gasteiger partial charge on any atom is 0.266 e. The third-order valence-corrected chi connectivity index (χ3v) is 9.69. The van der Waals surface area contributed by atoms with Gasteiger partial charge in [0.05, 0.1) is 6.61 Å². The average Bonchev–Trinajstić information content (AvgIpc) is 2.80. The third kappa shape index (κ3) is 6.76. The van der Waals surface area contributed by atoms with Crippen molar-refractivity contribution in [1.29, 1.82) is 0 Å². The smallest absolute Gasteiger partial charge is 0.266 e. The van der Waals surface area contributed by atoms with Crippen molar-refractivity contribution in [2.45, 2.75) is 109 Å². The second-order valence-electron chi connectivity index (χ2n) is 11.3. The van der Waals surface area contributed by atoms with E-state index in [9.17, 15) is 13.9 Å². The van der Waals surface area contributed by atoms with E-state index >= 15 is 0 Å². The van der Waals surface area contributed by atoms with Crippen LogP contribution in [-0.2, 0) is 4.74 Å². The zero-order chi connectivity index (χ0) is 21.6. The van der Waals surface area contributed by atoms with E-state index in [0.29, 0.717) is 18.3 Å². The highest BCUT2D eigenvalue weighted by atomic mass is 19.3. The molecule has 4 rings (SSSR count). The summed E-state index contributed by atoms with van der Waals surface area (Å²) >= 11 is 0.